The fraction of sp³-hybridized carbons (Fsp3) is 0.385. The van der Waals surface area contributed by atoms with Crippen LogP contribution >= 0.6 is 0 Å². The molecular weight excluding hydrogens is 432 g/mol. The molecule has 3 aromatic rings. The first-order valence-corrected chi connectivity index (χ1v) is 11.7. The summed E-state index contributed by atoms with van der Waals surface area (Å²) in [6, 6.07) is 18.0. The predicted octanol–water partition coefficient (Wildman–Crippen LogP) is 5.12. The van der Waals surface area contributed by atoms with Gasteiger partial charge in [0.05, 0.1) is 12.3 Å². The fourth-order valence-corrected chi connectivity index (χ4v) is 4.55. The molecule has 4 rings (SSSR count). The number of aryl methyl sites for hydroxylation is 1. The Morgan fingerprint density at radius 2 is 1.76 bits per heavy atom. The maximum atomic E-state index is 12.4. The lowest BCUT2D eigenvalue weighted by Gasteiger charge is -2.28. The van der Waals surface area contributed by atoms with Gasteiger partial charge in [-0.25, -0.2) is 4.79 Å². The number of anilines is 1. The minimum absolute atomic E-state index is 0.266. The number of nitrogens with zero attached hydrogens (tertiary/aromatic N) is 3. The van der Waals surface area contributed by atoms with Crippen LogP contribution in [0, 0.1) is 12.8 Å². The van der Waals surface area contributed by atoms with Crippen molar-refractivity contribution >= 4 is 17.9 Å². The van der Waals surface area contributed by atoms with E-state index in [0.29, 0.717) is 23.9 Å². The van der Waals surface area contributed by atoms with Crippen LogP contribution < -0.4 is 5.32 Å². The van der Waals surface area contributed by atoms with Crippen molar-refractivity contribution in [2.45, 2.75) is 51.4 Å². The van der Waals surface area contributed by atoms with Crippen molar-refractivity contribution in [1.82, 2.24) is 15.0 Å². The maximum absolute atomic E-state index is 12.4. The summed E-state index contributed by atoms with van der Waals surface area (Å²) in [6.07, 6.45) is 4.26. The maximum Gasteiger partial charge on any atom is 0.412 e. The molecule has 1 heterocycles. The monoisotopic (exact) mass is 462 g/mol. The van der Waals surface area contributed by atoms with Gasteiger partial charge in [-0.2, -0.15) is 4.68 Å². The first-order chi connectivity index (χ1) is 16.5. The van der Waals surface area contributed by atoms with E-state index in [0.717, 1.165) is 36.9 Å². The molecule has 0 saturated heterocycles. The number of amides is 1. The highest BCUT2D eigenvalue weighted by Crippen LogP contribution is 2.37. The predicted molar refractivity (Wildman–Crippen MR) is 128 cm³/mol. The van der Waals surface area contributed by atoms with Crippen LogP contribution in [-0.2, 0) is 16.0 Å². The molecule has 2 aromatic carbocycles. The molecule has 178 valence electrons. The van der Waals surface area contributed by atoms with Crippen LogP contribution in [0.1, 0.15) is 54.8 Å². The van der Waals surface area contributed by atoms with E-state index in [1.54, 1.807) is 11.6 Å². The van der Waals surface area contributed by atoms with E-state index in [1.165, 1.54) is 5.56 Å². The molecule has 1 amide bonds. The number of carboxylic acids is 1. The fourth-order valence-electron chi connectivity index (χ4n) is 4.55. The number of carbonyl (C=O) groups is 2. The topological polar surface area (TPSA) is 106 Å². The highest BCUT2D eigenvalue weighted by Gasteiger charge is 2.24. The zero-order chi connectivity index (χ0) is 23.9. The lowest BCUT2D eigenvalue weighted by Crippen LogP contribution is -2.18. The van der Waals surface area contributed by atoms with Gasteiger partial charge < -0.3 is 9.84 Å². The third-order valence-electron chi connectivity index (χ3n) is 6.44. The quantitative estimate of drug-likeness (QED) is 0.481. The van der Waals surface area contributed by atoms with Crippen molar-refractivity contribution in [3.8, 4) is 5.69 Å². The van der Waals surface area contributed by atoms with Crippen LogP contribution in [0.4, 0.5) is 10.6 Å². The standard InChI is InChI=1S/C26H30N4O4/c1-18-25(27-26(33)34-16-15-19-5-3-2-4-6-19)30(29-28-18)23-13-11-22(12-14-23)21-9-7-20(8-10-21)17-24(31)32/h2-6,11-14,20-21H,7-10,15-17H2,1H3,(H,27,33)(H,31,32). The summed E-state index contributed by atoms with van der Waals surface area (Å²) < 4.78 is 6.94. The number of rotatable bonds is 8. The van der Waals surface area contributed by atoms with E-state index < -0.39 is 12.1 Å². The summed E-state index contributed by atoms with van der Waals surface area (Å²) in [6.45, 7) is 2.06. The molecule has 0 radical (unpaired) electrons. The Kier molecular flexibility index (Phi) is 7.57. The third-order valence-corrected chi connectivity index (χ3v) is 6.44. The molecule has 0 atom stereocenters. The third kappa shape index (κ3) is 6.01. The van der Waals surface area contributed by atoms with E-state index in [1.807, 2.05) is 42.5 Å². The van der Waals surface area contributed by atoms with Gasteiger partial charge in [0.15, 0.2) is 5.82 Å². The molecule has 8 nitrogen and oxygen atoms in total. The van der Waals surface area contributed by atoms with Gasteiger partial charge >= 0.3 is 12.1 Å². The van der Waals surface area contributed by atoms with Crippen molar-refractivity contribution in [2.75, 3.05) is 11.9 Å². The van der Waals surface area contributed by atoms with E-state index >= 15 is 0 Å². The zero-order valence-corrected chi connectivity index (χ0v) is 19.3. The Morgan fingerprint density at radius 1 is 1.06 bits per heavy atom. The number of nitrogens with one attached hydrogen (secondary N) is 1. The number of carboxylic acid groups (broad SMARTS) is 1. The van der Waals surface area contributed by atoms with Crippen molar-refractivity contribution in [3.05, 3.63) is 71.4 Å². The van der Waals surface area contributed by atoms with Gasteiger partial charge in [-0.3, -0.25) is 10.1 Å². The number of aromatic nitrogens is 3. The van der Waals surface area contributed by atoms with Crippen LogP contribution in [-0.4, -0.2) is 38.8 Å². The van der Waals surface area contributed by atoms with E-state index in [-0.39, 0.29) is 18.9 Å². The number of aliphatic carboxylic acids is 1. The van der Waals surface area contributed by atoms with Gasteiger partial charge in [0.25, 0.3) is 0 Å². The number of carbonyl (C=O) groups excluding carboxylic acids is 1. The molecule has 1 aliphatic rings. The second-order valence-electron chi connectivity index (χ2n) is 8.84. The zero-order valence-electron chi connectivity index (χ0n) is 19.3. The molecule has 0 unspecified atom stereocenters. The molecular formula is C26H30N4O4. The smallest absolute Gasteiger partial charge is 0.412 e. The Bertz CT molecular complexity index is 1100. The van der Waals surface area contributed by atoms with Crippen LogP contribution in [0.25, 0.3) is 5.69 Å². The van der Waals surface area contributed by atoms with Crippen LogP contribution in [0.2, 0.25) is 0 Å². The molecule has 1 fully saturated rings. The summed E-state index contributed by atoms with van der Waals surface area (Å²) >= 11 is 0. The summed E-state index contributed by atoms with van der Waals surface area (Å²) in [5.74, 6) is 0.494. The van der Waals surface area contributed by atoms with Crippen LogP contribution in [0.5, 0.6) is 0 Å². The van der Waals surface area contributed by atoms with Gasteiger partial charge in [0.1, 0.15) is 5.69 Å². The number of ether oxygens (including phenoxy) is 1. The lowest BCUT2D eigenvalue weighted by atomic mass is 9.77. The molecule has 1 aromatic heterocycles. The van der Waals surface area contributed by atoms with Gasteiger partial charge in [-0.1, -0.05) is 47.7 Å². The van der Waals surface area contributed by atoms with Gasteiger partial charge in [-0.05, 0) is 67.7 Å². The average molecular weight is 463 g/mol. The minimum atomic E-state index is -0.708. The van der Waals surface area contributed by atoms with Crippen LogP contribution in [0.3, 0.4) is 0 Å². The van der Waals surface area contributed by atoms with Gasteiger partial charge in [0.2, 0.25) is 0 Å². The van der Waals surface area contributed by atoms with E-state index in [4.69, 9.17) is 9.84 Å². The largest absolute Gasteiger partial charge is 0.481 e. The molecule has 0 bridgehead atoms. The SMILES string of the molecule is Cc1nnn(-c2ccc(C3CCC(CC(=O)O)CC3)cc2)c1NC(=O)OCCc1ccccc1. The molecule has 0 aliphatic heterocycles. The second kappa shape index (κ2) is 11.0. The first-order valence-electron chi connectivity index (χ1n) is 11.7. The Balaban J connectivity index is 1.35. The molecule has 34 heavy (non-hydrogen) atoms. The van der Waals surface area contributed by atoms with Crippen molar-refractivity contribution in [1.29, 1.82) is 0 Å². The van der Waals surface area contributed by atoms with E-state index in [2.05, 4.69) is 27.8 Å². The summed E-state index contributed by atoms with van der Waals surface area (Å²) in [5.41, 5.74) is 3.74. The van der Waals surface area contributed by atoms with Gasteiger partial charge in [-0.15, -0.1) is 5.10 Å². The summed E-state index contributed by atoms with van der Waals surface area (Å²) in [5, 5.41) is 20.1. The van der Waals surface area contributed by atoms with Gasteiger partial charge in [0, 0.05) is 12.8 Å². The normalized spacial score (nSPS) is 17.8. The number of hydrogen-bond donors (Lipinski definition) is 2. The molecule has 8 heteroatoms. The Hall–Kier alpha value is -3.68. The molecule has 1 saturated carbocycles. The molecule has 1 aliphatic carbocycles. The van der Waals surface area contributed by atoms with Crippen LogP contribution in [0.15, 0.2) is 54.6 Å². The summed E-state index contributed by atoms with van der Waals surface area (Å²) in [7, 11) is 0. The minimum Gasteiger partial charge on any atom is -0.481 e. The van der Waals surface area contributed by atoms with E-state index in [9.17, 15) is 9.59 Å². The Labute approximate surface area is 198 Å². The van der Waals surface area contributed by atoms with Crippen molar-refractivity contribution in [3.63, 3.8) is 0 Å². The lowest BCUT2D eigenvalue weighted by molar-refractivity contribution is -0.138. The molecule has 2 N–H and O–H groups in total. The highest BCUT2D eigenvalue weighted by molar-refractivity contribution is 5.84. The average Bonchev–Trinajstić information content (AvgIpc) is 3.20. The second-order valence-corrected chi connectivity index (χ2v) is 8.84. The first kappa shape index (κ1) is 23.5. The molecule has 0 spiro atoms. The highest BCUT2D eigenvalue weighted by atomic mass is 16.5. The number of hydrogen-bond acceptors (Lipinski definition) is 5. The number of benzene rings is 2. The van der Waals surface area contributed by atoms with Crippen molar-refractivity contribution < 1.29 is 19.4 Å². The Morgan fingerprint density at radius 3 is 2.44 bits per heavy atom. The van der Waals surface area contributed by atoms with Crippen molar-refractivity contribution in [2.24, 2.45) is 5.92 Å². The summed E-state index contributed by atoms with van der Waals surface area (Å²) in [4.78, 5) is 23.3.